The molecule has 78 valence electrons. The smallest absolute Gasteiger partial charge is 0.108 e. The van der Waals surface area contributed by atoms with E-state index >= 15 is 0 Å². The predicted molar refractivity (Wildman–Crippen MR) is 66.6 cm³/mol. The largest absolute Gasteiger partial charge is 0.240 e. The Morgan fingerprint density at radius 1 is 1.20 bits per heavy atom. The lowest BCUT2D eigenvalue weighted by Crippen LogP contribution is -1.82. The van der Waals surface area contributed by atoms with Gasteiger partial charge in [-0.25, -0.2) is 4.98 Å². The van der Waals surface area contributed by atoms with Crippen molar-refractivity contribution in [1.82, 2.24) is 4.98 Å². The molecule has 0 saturated heterocycles. The van der Waals surface area contributed by atoms with Gasteiger partial charge in [0.2, 0.25) is 0 Å². The van der Waals surface area contributed by atoms with Crippen LogP contribution in [0, 0.1) is 13.8 Å². The summed E-state index contributed by atoms with van der Waals surface area (Å²) in [4.78, 5) is 5.75. The molecule has 1 heterocycles. The third-order valence-electron chi connectivity index (χ3n) is 2.28. The fourth-order valence-electron chi connectivity index (χ4n) is 1.49. The van der Waals surface area contributed by atoms with Crippen LogP contribution in [0.25, 0.3) is 11.3 Å². The van der Waals surface area contributed by atoms with Crippen molar-refractivity contribution < 1.29 is 0 Å². The minimum atomic E-state index is 0.497. The van der Waals surface area contributed by atoms with E-state index in [-0.39, 0.29) is 0 Å². The van der Waals surface area contributed by atoms with E-state index in [1.165, 1.54) is 16.0 Å². The van der Waals surface area contributed by atoms with Gasteiger partial charge in [0.05, 0.1) is 11.6 Å². The molecule has 15 heavy (non-hydrogen) atoms. The first kappa shape index (κ1) is 10.7. The van der Waals surface area contributed by atoms with Crippen molar-refractivity contribution in [2.75, 3.05) is 0 Å². The molecule has 0 spiro atoms. The van der Waals surface area contributed by atoms with Gasteiger partial charge in [-0.1, -0.05) is 29.8 Å². The molecule has 1 nitrogen and oxygen atoms in total. The monoisotopic (exact) mass is 237 g/mol. The summed E-state index contributed by atoms with van der Waals surface area (Å²) >= 11 is 7.44. The van der Waals surface area contributed by atoms with E-state index in [1.807, 2.05) is 0 Å². The second-order valence-electron chi connectivity index (χ2n) is 3.51. The van der Waals surface area contributed by atoms with Crippen LogP contribution in [0.15, 0.2) is 24.3 Å². The second kappa shape index (κ2) is 4.33. The third-order valence-corrected chi connectivity index (χ3v) is 3.66. The van der Waals surface area contributed by atoms with E-state index in [9.17, 15) is 0 Å². The fraction of sp³-hybridized carbons (Fsp3) is 0.250. The molecular weight excluding hydrogens is 226 g/mol. The summed E-state index contributed by atoms with van der Waals surface area (Å²) in [5, 5.41) is 0.991. The van der Waals surface area contributed by atoms with Crippen LogP contribution in [0.3, 0.4) is 0 Å². The fourth-order valence-corrected chi connectivity index (χ4v) is 2.52. The SMILES string of the molecule is Cc1ccc(-c2nc(CCl)sc2C)cc1. The van der Waals surface area contributed by atoms with E-state index in [2.05, 4.69) is 43.1 Å². The van der Waals surface area contributed by atoms with Crippen LogP contribution >= 0.6 is 22.9 Å². The molecule has 0 bridgehead atoms. The van der Waals surface area contributed by atoms with Gasteiger partial charge >= 0.3 is 0 Å². The van der Waals surface area contributed by atoms with Gasteiger partial charge < -0.3 is 0 Å². The van der Waals surface area contributed by atoms with Crippen LogP contribution in [0.4, 0.5) is 0 Å². The van der Waals surface area contributed by atoms with Crippen LogP contribution < -0.4 is 0 Å². The summed E-state index contributed by atoms with van der Waals surface area (Å²) in [6, 6.07) is 8.42. The van der Waals surface area contributed by atoms with E-state index in [4.69, 9.17) is 11.6 Å². The molecule has 0 unspecified atom stereocenters. The van der Waals surface area contributed by atoms with Gasteiger partial charge in [-0.15, -0.1) is 22.9 Å². The molecule has 0 N–H and O–H groups in total. The van der Waals surface area contributed by atoms with Crippen LogP contribution in [-0.4, -0.2) is 4.98 Å². The normalized spacial score (nSPS) is 10.6. The van der Waals surface area contributed by atoms with Crippen molar-refractivity contribution >= 4 is 22.9 Å². The number of aryl methyl sites for hydroxylation is 2. The van der Waals surface area contributed by atoms with Crippen molar-refractivity contribution in [1.29, 1.82) is 0 Å². The van der Waals surface area contributed by atoms with E-state index in [0.717, 1.165) is 10.7 Å². The Morgan fingerprint density at radius 2 is 1.87 bits per heavy atom. The van der Waals surface area contributed by atoms with Gasteiger partial charge in [-0.05, 0) is 13.8 Å². The van der Waals surface area contributed by atoms with Crippen LogP contribution in [0.5, 0.6) is 0 Å². The molecule has 0 saturated carbocycles. The Kier molecular flexibility index (Phi) is 3.08. The molecule has 0 aliphatic rings. The highest BCUT2D eigenvalue weighted by molar-refractivity contribution is 7.12. The number of hydrogen-bond donors (Lipinski definition) is 0. The van der Waals surface area contributed by atoms with Gasteiger partial charge in [0.15, 0.2) is 0 Å². The third kappa shape index (κ3) is 2.21. The maximum Gasteiger partial charge on any atom is 0.108 e. The zero-order valence-electron chi connectivity index (χ0n) is 8.75. The molecule has 0 aliphatic carbocycles. The highest BCUT2D eigenvalue weighted by atomic mass is 35.5. The molecule has 0 fully saturated rings. The summed E-state index contributed by atoms with van der Waals surface area (Å²) in [6.07, 6.45) is 0. The van der Waals surface area contributed by atoms with Crippen molar-refractivity contribution in [3.8, 4) is 11.3 Å². The average molecular weight is 238 g/mol. The minimum Gasteiger partial charge on any atom is -0.240 e. The zero-order chi connectivity index (χ0) is 10.8. The van der Waals surface area contributed by atoms with Crippen molar-refractivity contribution in [3.63, 3.8) is 0 Å². The standard InChI is InChI=1S/C12H12ClNS/c1-8-3-5-10(6-4-8)12-9(2)15-11(7-13)14-12/h3-6H,7H2,1-2H3. The molecule has 2 rings (SSSR count). The maximum absolute atomic E-state index is 5.77. The lowest BCUT2D eigenvalue weighted by Gasteiger charge is -1.98. The topological polar surface area (TPSA) is 12.9 Å². The van der Waals surface area contributed by atoms with Gasteiger partial charge in [0, 0.05) is 10.4 Å². The number of halogens is 1. The van der Waals surface area contributed by atoms with Gasteiger partial charge in [0.25, 0.3) is 0 Å². The number of alkyl halides is 1. The van der Waals surface area contributed by atoms with Crippen molar-refractivity contribution in [3.05, 3.63) is 39.7 Å². The number of hydrogen-bond acceptors (Lipinski definition) is 2. The number of benzene rings is 1. The lowest BCUT2D eigenvalue weighted by molar-refractivity contribution is 1.25. The van der Waals surface area contributed by atoms with Crippen LogP contribution in [0.1, 0.15) is 15.4 Å². The van der Waals surface area contributed by atoms with Crippen molar-refractivity contribution in [2.24, 2.45) is 0 Å². The molecule has 0 amide bonds. The Bertz CT molecular complexity index is 459. The molecule has 2 aromatic rings. The molecule has 1 aromatic carbocycles. The summed E-state index contributed by atoms with van der Waals surface area (Å²) in [6.45, 7) is 4.17. The number of rotatable bonds is 2. The second-order valence-corrected chi connectivity index (χ2v) is 5.07. The van der Waals surface area contributed by atoms with E-state index in [1.54, 1.807) is 11.3 Å². The molecule has 1 aromatic heterocycles. The van der Waals surface area contributed by atoms with Crippen molar-refractivity contribution in [2.45, 2.75) is 19.7 Å². The molecular formula is C12H12ClNS. The Morgan fingerprint density at radius 3 is 2.40 bits per heavy atom. The summed E-state index contributed by atoms with van der Waals surface area (Å²) in [5.41, 5.74) is 3.51. The number of thiazole rings is 1. The summed E-state index contributed by atoms with van der Waals surface area (Å²) in [5.74, 6) is 0.497. The quantitative estimate of drug-likeness (QED) is 0.715. The minimum absolute atomic E-state index is 0.497. The Labute approximate surface area is 98.7 Å². The maximum atomic E-state index is 5.77. The zero-order valence-corrected chi connectivity index (χ0v) is 10.3. The lowest BCUT2D eigenvalue weighted by atomic mass is 10.1. The number of aromatic nitrogens is 1. The Hall–Kier alpha value is -0.860. The molecule has 0 aliphatic heterocycles. The average Bonchev–Trinajstić information content (AvgIpc) is 2.61. The molecule has 3 heteroatoms. The van der Waals surface area contributed by atoms with Gasteiger partial charge in [0.1, 0.15) is 5.01 Å². The molecule has 0 radical (unpaired) electrons. The first-order chi connectivity index (χ1) is 7.20. The predicted octanol–water partition coefficient (Wildman–Crippen LogP) is 4.17. The Balaban J connectivity index is 2.44. The van der Waals surface area contributed by atoms with Crippen LogP contribution in [-0.2, 0) is 5.88 Å². The number of nitrogens with zero attached hydrogens (tertiary/aromatic N) is 1. The van der Waals surface area contributed by atoms with E-state index < -0.39 is 0 Å². The van der Waals surface area contributed by atoms with Crippen LogP contribution in [0.2, 0.25) is 0 Å². The van der Waals surface area contributed by atoms with E-state index in [0.29, 0.717) is 5.88 Å². The van der Waals surface area contributed by atoms with Gasteiger partial charge in [-0.2, -0.15) is 0 Å². The first-order valence-electron chi connectivity index (χ1n) is 4.80. The van der Waals surface area contributed by atoms with Gasteiger partial charge in [-0.3, -0.25) is 0 Å². The highest BCUT2D eigenvalue weighted by Crippen LogP contribution is 2.28. The molecule has 0 atom stereocenters. The summed E-state index contributed by atoms with van der Waals surface area (Å²) < 4.78 is 0. The summed E-state index contributed by atoms with van der Waals surface area (Å²) in [7, 11) is 0. The first-order valence-corrected chi connectivity index (χ1v) is 6.15. The highest BCUT2D eigenvalue weighted by Gasteiger charge is 2.08.